The second-order valence-corrected chi connectivity index (χ2v) is 5.85. The third-order valence-corrected chi connectivity index (χ3v) is 3.34. The first kappa shape index (κ1) is 16.6. The third-order valence-electron chi connectivity index (χ3n) is 3.34. The molecule has 5 heteroatoms. The summed E-state index contributed by atoms with van der Waals surface area (Å²) in [5, 5.41) is 6.51. The van der Waals surface area contributed by atoms with Crippen molar-refractivity contribution in [2.45, 2.75) is 19.9 Å². The molecule has 2 N–H and O–H groups in total. The highest BCUT2D eigenvalue weighted by molar-refractivity contribution is 5.59. The van der Waals surface area contributed by atoms with E-state index in [0.717, 1.165) is 11.3 Å². The number of allylic oxidation sites excluding steroid dienone is 7. The molecule has 0 saturated carbocycles. The summed E-state index contributed by atoms with van der Waals surface area (Å²) in [5.74, 6) is 1.69. The summed E-state index contributed by atoms with van der Waals surface area (Å²) < 4.78 is 0. The number of anilines is 2. The van der Waals surface area contributed by atoms with Crippen molar-refractivity contribution in [3.05, 3.63) is 78.6 Å². The van der Waals surface area contributed by atoms with Crippen LogP contribution in [0.5, 0.6) is 0 Å². The van der Waals surface area contributed by atoms with Crippen LogP contribution < -0.4 is 10.6 Å². The van der Waals surface area contributed by atoms with Gasteiger partial charge < -0.3 is 10.6 Å². The summed E-state index contributed by atoms with van der Waals surface area (Å²) in [6, 6.07) is 10.1. The van der Waals surface area contributed by atoms with Crippen molar-refractivity contribution in [1.82, 2.24) is 15.0 Å². The van der Waals surface area contributed by atoms with E-state index in [2.05, 4.69) is 39.4 Å². The van der Waals surface area contributed by atoms with Gasteiger partial charge in [-0.25, -0.2) is 0 Å². The monoisotopic (exact) mass is 331 g/mol. The molecule has 1 heterocycles. The lowest BCUT2D eigenvalue weighted by atomic mass is 10.2. The summed E-state index contributed by atoms with van der Waals surface area (Å²) in [6.45, 7) is 4.10. The normalized spacial score (nSPS) is 15.9. The molecule has 0 saturated heterocycles. The Labute approximate surface area is 147 Å². The second-order valence-electron chi connectivity index (χ2n) is 5.85. The molecule has 25 heavy (non-hydrogen) atoms. The summed E-state index contributed by atoms with van der Waals surface area (Å²) in [5.41, 5.74) is 1.85. The molecule has 0 aliphatic heterocycles. The minimum absolute atomic E-state index is 0.229. The highest BCUT2D eigenvalue weighted by Crippen LogP contribution is 2.19. The maximum absolute atomic E-state index is 4.57. The molecule has 0 radical (unpaired) electrons. The third kappa shape index (κ3) is 4.88. The van der Waals surface area contributed by atoms with E-state index in [9.17, 15) is 0 Å². The number of aromatic nitrogens is 3. The largest absolute Gasteiger partial charge is 0.352 e. The molecule has 1 aromatic heterocycles. The molecule has 0 bridgehead atoms. The summed E-state index contributed by atoms with van der Waals surface area (Å²) >= 11 is 0. The van der Waals surface area contributed by atoms with Crippen LogP contribution in [-0.4, -0.2) is 21.0 Å². The molecule has 0 fully saturated rings. The average Bonchev–Trinajstić information content (AvgIpc) is 2.57. The standard InChI is InChI=1S/C20H21N5/c1-15(2)21-19-23-18(16-11-7-6-8-12-16)24-20(25-19)22-17-13-9-4-3-5-10-14-17/h3-15H,1-2H3,(H2,21,22,23,24,25)/b4-3-,5-3?,9-4?,10-5-,13-9?,14-10?,17-13?,17-14?. The summed E-state index contributed by atoms with van der Waals surface area (Å²) in [7, 11) is 0. The Bertz CT molecular complexity index is 832. The lowest BCUT2D eigenvalue weighted by Crippen LogP contribution is -2.15. The number of hydrogen-bond acceptors (Lipinski definition) is 5. The van der Waals surface area contributed by atoms with E-state index in [1.54, 1.807) is 0 Å². The minimum atomic E-state index is 0.229. The molecule has 0 unspecified atom stereocenters. The number of nitrogens with zero attached hydrogens (tertiary/aromatic N) is 3. The molecular formula is C20H21N5. The van der Waals surface area contributed by atoms with E-state index >= 15 is 0 Å². The minimum Gasteiger partial charge on any atom is -0.352 e. The van der Waals surface area contributed by atoms with Gasteiger partial charge in [-0.3, -0.25) is 0 Å². The second kappa shape index (κ2) is 8.06. The first-order valence-corrected chi connectivity index (χ1v) is 8.27. The van der Waals surface area contributed by atoms with Crippen LogP contribution in [0.2, 0.25) is 0 Å². The molecule has 5 nitrogen and oxygen atoms in total. The fraction of sp³-hybridized carbons (Fsp3) is 0.150. The summed E-state index contributed by atoms with van der Waals surface area (Å²) in [4.78, 5) is 13.6. The van der Waals surface area contributed by atoms with Crippen LogP contribution in [0.15, 0.2) is 78.6 Å². The van der Waals surface area contributed by atoms with Crippen LogP contribution in [-0.2, 0) is 0 Å². The highest BCUT2D eigenvalue weighted by Gasteiger charge is 2.09. The molecule has 2 aromatic rings. The molecule has 0 spiro atoms. The van der Waals surface area contributed by atoms with Crippen molar-refractivity contribution in [1.29, 1.82) is 0 Å². The molecule has 126 valence electrons. The van der Waals surface area contributed by atoms with Crippen LogP contribution in [0.1, 0.15) is 13.8 Å². The van der Waals surface area contributed by atoms with Gasteiger partial charge in [-0.2, -0.15) is 15.0 Å². The Morgan fingerprint density at radius 1 is 0.800 bits per heavy atom. The Balaban J connectivity index is 1.94. The predicted octanol–water partition coefficient (Wildman–Crippen LogP) is 4.34. The fourth-order valence-electron chi connectivity index (χ4n) is 2.25. The van der Waals surface area contributed by atoms with Gasteiger partial charge in [0, 0.05) is 17.3 Å². The van der Waals surface area contributed by atoms with E-state index in [4.69, 9.17) is 0 Å². The van der Waals surface area contributed by atoms with E-state index in [-0.39, 0.29) is 6.04 Å². The zero-order chi connectivity index (χ0) is 17.5. The van der Waals surface area contributed by atoms with Crippen LogP contribution in [0.3, 0.4) is 0 Å². The molecule has 1 aliphatic rings. The van der Waals surface area contributed by atoms with Crippen molar-refractivity contribution in [3.8, 4) is 11.4 Å². The SMILES string of the molecule is CC(C)Nc1nc(NC2=C/C=C\C=C/C=C2)nc(-c2ccccc2)n1. The number of hydrogen-bond donors (Lipinski definition) is 2. The molecule has 0 amide bonds. The quantitative estimate of drug-likeness (QED) is 0.853. The van der Waals surface area contributed by atoms with Gasteiger partial charge in [0.25, 0.3) is 0 Å². The number of benzene rings is 1. The Hall–Kier alpha value is -3.21. The maximum Gasteiger partial charge on any atom is 0.232 e. The van der Waals surface area contributed by atoms with Crippen LogP contribution in [0.25, 0.3) is 11.4 Å². The van der Waals surface area contributed by atoms with Gasteiger partial charge in [-0.1, -0.05) is 60.7 Å². The van der Waals surface area contributed by atoms with Gasteiger partial charge >= 0.3 is 0 Å². The van der Waals surface area contributed by atoms with Crippen LogP contribution >= 0.6 is 0 Å². The van der Waals surface area contributed by atoms with Gasteiger partial charge in [-0.15, -0.1) is 0 Å². The zero-order valence-corrected chi connectivity index (χ0v) is 14.3. The van der Waals surface area contributed by atoms with Crippen LogP contribution in [0, 0.1) is 0 Å². The first-order chi connectivity index (χ1) is 12.2. The Kier molecular flexibility index (Phi) is 5.36. The van der Waals surface area contributed by atoms with Gasteiger partial charge in [-0.05, 0) is 26.0 Å². The van der Waals surface area contributed by atoms with Gasteiger partial charge in [0.2, 0.25) is 11.9 Å². The van der Waals surface area contributed by atoms with Crippen molar-refractivity contribution >= 4 is 11.9 Å². The molecule has 1 aromatic carbocycles. The number of nitrogens with one attached hydrogen (secondary N) is 2. The Morgan fingerprint density at radius 3 is 2.32 bits per heavy atom. The van der Waals surface area contributed by atoms with Gasteiger partial charge in [0.1, 0.15) is 0 Å². The molecule has 3 rings (SSSR count). The molecule has 0 atom stereocenters. The lowest BCUT2D eigenvalue weighted by molar-refractivity contribution is 0.869. The average molecular weight is 331 g/mol. The van der Waals surface area contributed by atoms with Crippen molar-refractivity contribution in [3.63, 3.8) is 0 Å². The highest BCUT2D eigenvalue weighted by atomic mass is 15.2. The summed E-state index contributed by atoms with van der Waals surface area (Å²) in [6.07, 6.45) is 13.8. The fourth-order valence-corrected chi connectivity index (χ4v) is 2.25. The van der Waals surface area contributed by atoms with E-state index in [1.165, 1.54) is 0 Å². The van der Waals surface area contributed by atoms with E-state index < -0.39 is 0 Å². The van der Waals surface area contributed by atoms with Gasteiger partial charge in [0.15, 0.2) is 5.82 Å². The van der Waals surface area contributed by atoms with Crippen molar-refractivity contribution < 1.29 is 0 Å². The maximum atomic E-state index is 4.57. The van der Waals surface area contributed by atoms with Crippen molar-refractivity contribution in [2.75, 3.05) is 10.6 Å². The smallest absolute Gasteiger partial charge is 0.232 e. The van der Waals surface area contributed by atoms with E-state index in [0.29, 0.717) is 17.7 Å². The van der Waals surface area contributed by atoms with E-state index in [1.807, 2.05) is 72.9 Å². The van der Waals surface area contributed by atoms with Crippen molar-refractivity contribution in [2.24, 2.45) is 0 Å². The predicted molar refractivity (Wildman–Crippen MR) is 103 cm³/mol. The molecular weight excluding hydrogens is 310 g/mol. The topological polar surface area (TPSA) is 62.7 Å². The number of rotatable bonds is 5. The lowest BCUT2D eigenvalue weighted by Gasteiger charge is -2.12. The Morgan fingerprint density at radius 2 is 1.52 bits per heavy atom. The van der Waals surface area contributed by atoms with Crippen LogP contribution in [0.4, 0.5) is 11.9 Å². The molecule has 1 aliphatic carbocycles. The zero-order valence-electron chi connectivity index (χ0n) is 14.3. The first-order valence-electron chi connectivity index (χ1n) is 8.27. The van der Waals surface area contributed by atoms with Gasteiger partial charge in [0.05, 0.1) is 0 Å².